The van der Waals surface area contributed by atoms with Crippen molar-refractivity contribution >= 4 is 39.3 Å². The lowest BCUT2D eigenvalue weighted by molar-refractivity contribution is 0.675. The van der Waals surface area contributed by atoms with Gasteiger partial charge in [0.15, 0.2) is 0 Å². The van der Waals surface area contributed by atoms with Crippen LogP contribution in [-0.2, 0) is 6.54 Å². The quantitative estimate of drug-likeness (QED) is 0.649. The normalized spacial score (nSPS) is 10.8. The van der Waals surface area contributed by atoms with Gasteiger partial charge in [-0.25, -0.2) is 0 Å². The maximum absolute atomic E-state index is 6.34. The lowest BCUT2D eigenvalue weighted by atomic mass is 10.2. The average molecular weight is 371 g/mol. The van der Waals surface area contributed by atoms with Crippen LogP contribution in [0.15, 0.2) is 56.7 Å². The van der Waals surface area contributed by atoms with Gasteiger partial charge in [-0.3, -0.25) is 0 Å². The second kappa shape index (κ2) is 8.08. The molecule has 20 heavy (non-hydrogen) atoms. The van der Waals surface area contributed by atoms with Crippen molar-refractivity contribution in [2.75, 3.05) is 6.54 Å². The van der Waals surface area contributed by atoms with E-state index in [4.69, 9.17) is 11.6 Å². The molecule has 0 atom stereocenters. The van der Waals surface area contributed by atoms with Crippen LogP contribution >= 0.6 is 39.3 Å². The van der Waals surface area contributed by atoms with Gasteiger partial charge in [-0.15, -0.1) is 0 Å². The summed E-state index contributed by atoms with van der Waals surface area (Å²) < 4.78 is 1.09. The van der Waals surface area contributed by atoms with Gasteiger partial charge < -0.3 is 5.32 Å². The maximum Gasteiger partial charge on any atom is 0.0462 e. The predicted molar refractivity (Wildman–Crippen MR) is 91.7 cm³/mol. The van der Waals surface area contributed by atoms with Crippen molar-refractivity contribution in [1.82, 2.24) is 5.32 Å². The molecular weight excluding hydrogens is 354 g/mol. The average Bonchev–Trinajstić information content (AvgIpc) is 2.44. The molecule has 0 heterocycles. The summed E-state index contributed by atoms with van der Waals surface area (Å²) >= 11 is 11.5. The topological polar surface area (TPSA) is 12.0 Å². The Morgan fingerprint density at radius 2 is 1.80 bits per heavy atom. The Labute approximate surface area is 138 Å². The third kappa shape index (κ3) is 4.81. The summed E-state index contributed by atoms with van der Waals surface area (Å²) in [5.41, 5.74) is 1.15. The highest BCUT2D eigenvalue weighted by Gasteiger charge is 2.03. The zero-order valence-corrected chi connectivity index (χ0v) is 14.5. The Balaban J connectivity index is 2.03. The maximum atomic E-state index is 6.34. The molecule has 106 valence electrons. The Morgan fingerprint density at radius 3 is 2.45 bits per heavy atom. The molecule has 0 saturated heterocycles. The molecule has 0 unspecified atom stereocenters. The zero-order valence-electron chi connectivity index (χ0n) is 11.3. The van der Waals surface area contributed by atoms with E-state index in [0.717, 1.165) is 39.5 Å². The molecule has 0 aliphatic heterocycles. The molecule has 2 aromatic rings. The van der Waals surface area contributed by atoms with Gasteiger partial charge in [0.1, 0.15) is 0 Å². The third-order valence-electron chi connectivity index (χ3n) is 2.82. The predicted octanol–water partition coefficient (Wildman–Crippen LogP) is 5.75. The van der Waals surface area contributed by atoms with E-state index in [2.05, 4.69) is 52.4 Å². The monoisotopic (exact) mass is 369 g/mol. The van der Waals surface area contributed by atoms with Gasteiger partial charge in [-0.1, -0.05) is 52.3 Å². The fraction of sp³-hybridized carbons (Fsp3) is 0.250. The van der Waals surface area contributed by atoms with Crippen LogP contribution in [-0.4, -0.2) is 6.54 Å². The Hall–Kier alpha value is -0.480. The minimum absolute atomic E-state index is 0.829. The molecule has 1 nitrogen and oxygen atoms in total. The van der Waals surface area contributed by atoms with E-state index in [1.54, 1.807) is 11.8 Å². The summed E-state index contributed by atoms with van der Waals surface area (Å²) in [6, 6.07) is 14.6. The van der Waals surface area contributed by atoms with Crippen LogP contribution in [0.2, 0.25) is 5.02 Å². The van der Waals surface area contributed by atoms with Crippen molar-refractivity contribution in [2.45, 2.75) is 29.7 Å². The second-order valence-electron chi connectivity index (χ2n) is 4.49. The molecule has 0 saturated carbocycles. The van der Waals surface area contributed by atoms with Crippen LogP contribution in [0.4, 0.5) is 0 Å². The van der Waals surface area contributed by atoms with Gasteiger partial charge in [0, 0.05) is 25.8 Å². The third-order valence-corrected chi connectivity index (χ3v) is 4.69. The van der Waals surface area contributed by atoms with E-state index >= 15 is 0 Å². The van der Waals surface area contributed by atoms with Crippen molar-refractivity contribution in [3.63, 3.8) is 0 Å². The van der Waals surface area contributed by atoms with Gasteiger partial charge in [-0.05, 0) is 54.9 Å². The van der Waals surface area contributed by atoms with Gasteiger partial charge in [0.25, 0.3) is 0 Å². The van der Waals surface area contributed by atoms with Crippen molar-refractivity contribution in [1.29, 1.82) is 0 Å². The Morgan fingerprint density at radius 1 is 1.10 bits per heavy atom. The Kier molecular flexibility index (Phi) is 6.43. The van der Waals surface area contributed by atoms with E-state index in [-0.39, 0.29) is 0 Å². The summed E-state index contributed by atoms with van der Waals surface area (Å²) in [5.74, 6) is 0. The lowest BCUT2D eigenvalue weighted by Gasteiger charge is -2.08. The molecule has 0 bridgehead atoms. The molecule has 4 heteroatoms. The smallest absolute Gasteiger partial charge is 0.0462 e. The fourth-order valence-electron chi connectivity index (χ4n) is 1.77. The largest absolute Gasteiger partial charge is 0.313 e. The van der Waals surface area contributed by atoms with E-state index in [1.807, 2.05) is 18.2 Å². The van der Waals surface area contributed by atoms with Crippen LogP contribution in [0.5, 0.6) is 0 Å². The van der Waals surface area contributed by atoms with Crippen LogP contribution in [0.1, 0.15) is 18.9 Å². The van der Waals surface area contributed by atoms with E-state index in [1.165, 1.54) is 4.90 Å². The molecule has 2 rings (SSSR count). The molecule has 0 aliphatic carbocycles. The first kappa shape index (κ1) is 15.9. The number of rotatable bonds is 6. The molecule has 0 amide bonds. The summed E-state index contributed by atoms with van der Waals surface area (Å²) in [6.45, 7) is 4.01. The highest BCUT2D eigenvalue weighted by molar-refractivity contribution is 9.10. The summed E-state index contributed by atoms with van der Waals surface area (Å²) in [6.07, 6.45) is 1.13. The molecule has 0 fully saturated rings. The minimum Gasteiger partial charge on any atom is -0.313 e. The molecule has 0 aromatic heterocycles. The lowest BCUT2D eigenvalue weighted by Crippen LogP contribution is -2.13. The van der Waals surface area contributed by atoms with Crippen molar-refractivity contribution in [3.05, 3.63) is 57.5 Å². The second-order valence-corrected chi connectivity index (χ2v) is 6.96. The highest BCUT2D eigenvalue weighted by atomic mass is 79.9. The van der Waals surface area contributed by atoms with Crippen molar-refractivity contribution < 1.29 is 0 Å². The number of benzene rings is 2. The van der Waals surface area contributed by atoms with Gasteiger partial charge >= 0.3 is 0 Å². The summed E-state index contributed by atoms with van der Waals surface area (Å²) in [4.78, 5) is 2.37. The molecule has 2 aromatic carbocycles. The molecule has 0 radical (unpaired) electrons. The minimum atomic E-state index is 0.829. The summed E-state index contributed by atoms with van der Waals surface area (Å²) in [7, 11) is 0. The van der Waals surface area contributed by atoms with Crippen molar-refractivity contribution in [3.8, 4) is 0 Å². The fourth-order valence-corrected chi connectivity index (χ4v) is 3.21. The van der Waals surface area contributed by atoms with E-state index in [0.29, 0.717) is 0 Å². The number of nitrogens with one attached hydrogen (secondary N) is 1. The SMILES string of the molecule is CCCNCc1ccc(Sc2ccc(Br)cc2)cc1Cl. The van der Waals surface area contributed by atoms with Gasteiger partial charge in [-0.2, -0.15) is 0 Å². The first-order valence-electron chi connectivity index (χ1n) is 6.61. The van der Waals surface area contributed by atoms with Crippen LogP contribution in [0.3, 0.4) is 0 Å². The van der Waals surface area contributed by atoms with Crippen LogP contribution < -0.4 is 5.32 Å². The molecule has 1 N–H and O–H groups in total. The number of hydrogen-bond acceptors (Lipinski definition) is 2. The van der Waals surface area contributed by atoms with Crippen molar-refractivity contribution in [2.24, 2.45) is 0 Å². The Bertz CT molecular complexity index is 557. The number of halogens is 2. The first-order valence-corrected chi connectivity index (χ1v) is 8.60. The van der Waals surface area contributed by atoms with Crippen LogP contribution in [0.25, 0.3) is 0 Å². The molecule has 0 aliphatic rings. The number of hydrogen-bond donors (Lipinski definition) is 1. The zero-order chi connectivity index (χ0) is 14.4. The summed E-state index contributed by atoms with van der Waals surface area (Å²) in [5, 5.41) is 4.20. The van der Waals surface area contributed by atoms with E-state index in [9.17, 15) is 0 Å². The van der Waals surface area contributed by atoms with E-state index < -0.39 is 0 Å². The molecular formula is C16H17BrClNS. The molecule has 0 spiro atoms. The van der Waals surface area contributed by atoms with Gasteiger partial charge in [0.2, 0.25) is 0 Å². The van der Waals surface area contributed by atoms with Crippen LogP contribution in [0, 0.1) is 0 Å². The van der Waals surface area contributed by atoms with Gasteiger partial charge in [0.05, 0.1) is 0 Å². The first-order chi connectivity index (χ1) is 9.69. The highest BCUT2D eigenvalue weighted by Crippen LogP contribution is 2.31. The standard InChI is InChI=1S/C16H17BrClNS/c1-2-9-19-11-12-3-6-15(10-16(12)18)20-14-7-4-13(17)5-8-14/h3-8,10,19H,2,9,11H2,1H3.